The van der Waals surface area contributed by atoms with E-state index >= 15 is 0 Å². The molecule has 0 fully saturated rings. The molecule has 0 aliphatic carbocycles. The number of rotatable bonds is 12. The molecular formula is C27H35N5O5. The molecule has 0 saturated carbocycles. The lowest BCUT2D eigenvalue weighted by Gasteiger charge is -2.24. The zero-order chi connectivity index (χ0) is 27.1. The van der Waals surface area contributed by atoms with Crippen LogP contribution in [0, 0.1) is 0 Å². The van der Waals surface area contributed by atoms with E-state index in [2.05, 4.69) is 20.9 Å². The van der Waals surface area contributed by atoms with Crippen molar-refractivity contribution in [2.45, 2.75) is 46.3 Å². The van der Waals surface area contributed by atoms with Gasteiger partial charge in [0.1, 0.15) is 6.04 Å². The van der Waals surface area contributed by atoms with E-state index in [1.807, 2.05) is 39.0 Å². The third-order valence-corrected chi connectivity index (χ3v) is 5.91. The minimum Gasteiger partial charge on any atom is -0.490 e. The zero-order valence-corrected chi connectivity index (χ0v) is 21.8. The van der Waals surface area contributed by atoms with Gasteiger partial charge in [0, 0.05) is 36.1 Å². The summed E-state index contributed by atoms with van der Waals surface area (Å²) in [5, 5.41) is 19.9. The molecule has 10 heteroatoms. The highest BCUT2D eigenvalue weighted by molar-refractivity contribution is 6.08. The number of ether oxygens (including phenoxy) is 2. The number of aromatic nitrogens is 1. The highest BCUT2D eigenvalue weighted by Crippen LogP contribution is 2.38. The Labute approximate surface area is 216 Å². The number of carbonyl (C=O) groups is 2. The molecule has 37 heavy (non-hydrogen) atoms. The molecular weight excluding hydrogens is 474 g/mol. The number of hydrogen-bond donors (Lipinski definition) is 5. The van der Waals surface area contributed by atoms with E-state index in [0.29, 0.717) is 59.1 Å². The number of nitrogens with zero attached hydrogens (tertiary/aromatic N) is 1. The standard InChI is InChI=1S/C27H35N5O5/c1-6-16-19(31-24(15(4)33)27(35)29-5)10-9-11-20(16)32-25-17-12-22(36-7-2)23(37-8-3)13-21(17)30-14-18(25)26(28)34/h9-15,24,31,33H,6-8H2,1-5H3,(H2,28,34)(H,29,35)(H,30,32). The van der Waals surface area contributed by atoms with Gasteiger partial charge >= 0.3 is 0 Å². The summed E-state index contributed by atoms with van der Waals surface area (Å²) in [5.74, 6) is 0.116. The Balaban J connectivity index is 2.16. The van der Waals surface area contributed by atoms with Crippen molar-refractivity contribution >= 4 is 39.8 Å². The van der Waals surface area contributed by atoms with Gasteiger partial charge in [0.2, 0.25) is 5.91 Å². The van der Waals surface area contributed by atoms with E-state index in [1.165, 1.54) is 13.2 Å². The van der Waals surface area contributed by atoms with Gasteiger partial charge in [-0.1, -0.05) is 13.0 Å². The third-order valence-electron chi connectivity index (χ3n) is 5.91. The molecule has 6 N–H and O–H groups in total. The topological polar surface area (TPSA) is 148 Å². The molecule has 0 radical (unpaired) electrons. The van der Waals surface area contributed by atoms with E-state index in [0.717, 1.165) is 5.56 Å². The van der Waals surface area contributed by atoms with E-state index in [4.69, 9.17) is 15.2 Å². The average molecular weight is 510 g/mol. The van der Waals surface area contributed by atoms with E-state index in [9.17, 15) is 14.7 Å². The lowest BCUT2D eigenvalue weighted by atomic mass is 10.0. The number of aliphatic hydroxyl groups is 1. The molecule has 0 aliphatic heterocycles. The Morgan fingerprint density at radius 3 is 2.30 bits per heavy atom. The number of amides is 2. The quantitative estimate of drug-likeness (QED) is 0.250. The number of fused-ring (bicyclic) bond motifs is 1. The maximum Gasteiger partial charge on any atom is 0.252 e. The van der Waals surface area contributed by atoms with E-state index in [1.54, 1.807) is 19.1 Å². The molecule has 2 amide bonds. The first-order valence-corrected chi connectivity index (χ1v) is 12.3. The van der Waals surface area contributed by atoms with Crippen LogP contribution in [0.15, 0.2) is 36.5 Å². The lowest BCUT2D eigenvalue weighted by Crippen LogP contribution is -2.45. The second-order valence-electron chi connectivity index (χ2n) is 8.38. The summed E-state index contributed by atoms with van der Waals surface area (Å²) >= 11 is 0. The van der Waals surface area contributed by atoms with Crippen molar-refractivity contribution in [2.24, 2.45) is 5.73 Å². The lowest BCUT2D eigenvalue weighted by molar-refractivity contribution is -0.123. The minimum absolute atomic E-state index is 0.215. The van der Waals surface area contributed by atoms with Crippen LogP contribution in [0.2, 0.25) is 0 Å². The number of primary amides is 1. The fourth-order valence-corrected chi connectivity index (χ4v) is 4.14. The smallest absolute Gasteiger partial charge is 0.252 e. The van der Waals surface area contributed by atoms with Gasteiger partial charge in [0.05, 0.1) is 36.1 Å². The van der Waals surface area contributed by atoms with Gasteiger partial charge in [0.15, 0.2) is 11.5 Å². The largest absolute Gasteiger partial charge is 0.490 e. The SMILES string of the molecule is CCOc1cc2ncc(C(N)=O)c(Nc3cccc(NC(C(=O)NC)C(C)O)c3CC)c2cc1OCC. The van der Waals surface area contributed by atoms with Gasteiger partial charge in [-0.15, -0.1) is 0 Å². The van der Waals surface area contributed by atoms with Crippen molar-refractivity contribution in [2.75, 3.05) is 30.9 Å². The van der Waals surface area contributed by atoms with Crippen LogP contribution in [0.1, 0.15) is 43.6 Å². The molecule has 2 unspecified atom stereocenters. The second-order valence-corrected chi connectivity index (χ2v) is 8.38. The zero-order valence-electron chi connectivity index (χ0n) is 21.8. The molecule has 198 valence electrons. The Morgan fingerprint density at radius 1 is 1.08 bits per heavy atom. The van der Waals surface area contributed by atoms with Crippen LogP contribution in [0.4, 0.5) is 17.1 Å². The molecule has 1 aromatic heterocycles. The number of likely N-dealkylation sites (N-methyl/N-ethyl adjacent to an activating group) is 1. The van der Waals surface area contributed by atoms with E-state index in [-0.39, 0.29) is 11.5 Å². The van der Waals surface area contributed by atoms with Crippen LogP contribution in [0.25, 0.3) is 10.9 Å². The molecule has 3 aromatic rings. The Hall–Kier alpha value is -4.05. The van der Waals surface area contributed by atoms with Gasteiger partial charge < -0.3 is 36.3 Å². The van der Waals surface area contributed by atoms with Crippen molar-refractivity contribution < 1.29 is 24.2 Å². The fourth-order valence-electron chi connectivity index (χ4n) is 4.14. The number of benzene rings is 2. The van der Waals surface area contributed by atoms with Crippen LogP contribution in [-0.4, -0.2) is 54.3 Å². The summed E-state index contributed by atoms with van der Waals surface area (Å²) in [6, 6.07) is 8.24. The maximum atomic E-state index is 12.4. The number of anilines is 3. The van der Waals surface area contributed by atoms with Crippen molar-refractivity contribution in [3.05, 3.63) is 47.7 Å². The predicted octanol–water partition coefficient (Wildman–Crippen LogP) is 3.34. The average Bonchev–Trinajstić information content (AvgIpc) is 2.87. The molecule has 0 saturated heterocycles. The van der Waals surface area contributed by atoms with Crippen LogP contribution in [-0.2, 0) is 11.2 Å². The molecule has 10 nitrogen and oxygen atoms in total. The van der Waals surface area contributed by atoms with Gasteiger partial charge in [-0.05, 0) is 51.0 Å². The first-order valence-electron chi connectivity index (χ1n) is 12.3. The van der Waals surface area contributed by atoms with Crippen LogP contribution in [0.5, 0.6) is 11.5 Å². The van der Waals surface area contributed by atoms with Gasteiger partial charge in [-0.3, -0.25) is 14.6 Å². The monoisotopic (exact) mass is 509 g/mol. The van der Waals surface area contributed by atoms with Crippen molar-refractivity contribution in [3.8, 4) is 11.5 Å². The molecule has 0 spiro atoms. The Bertz CT molecular complexity index is 1280. The summed E-state index contributed by atoms with van der Waals surface area (Å²) in [6.45, 7) is 8.18. The highest BCUT2D eigenvalue weighted by Gasteiger charge is 2.24. The van der Waals surface area contributed by atoms with Crippen LogP contribution >= 0.6 is 0 Å². The van der Waals surface area contributed by atoms with E-state index < -0.39 is 18.1 Å². The highest BCUT2D eigenvalue weighted by atomic mass is 16.5. The Morgan fingerprint density at radius 2 is 1.73 bits per heavy atom. The van der Waals surface area contributed by atoms with Crippen LogP contribution < -0.4 is 31.2 Å². The van der Waals surface area contributed by atoms with Crippen LogP contribution in [0.3, 0.4) is 0 Å². The number of carbonyl (C=O) groups excluding carboxylic acids is 2. The third kappa shape index (κ3) is 6.03. The summed E-state index contributed by atoms with van der Waals surface area (Å²) in [7, 11) is 1.52. The predicted molar refractivity (Wildman–Crippen MR) is 145 cm³/mol. The molecule has 1 heterocycles. The maximum absolute atomic E-state index is 12.4. The number of hydrogen-bond acceptors (Lipinski definition) is 8. The molecule has 0 bridgehead atoms. The molecule has 0 aliphatic rings. The van der Waals surface area contributed by atoms with Gasteiger partial charge in [-0.25, -0.2) is 0 Å². The summed E-state index contributed by atoms with van der Waals surface area (Å²) in [5.41, 5.74) is 9.25. The Kier molecular flexibility index (Phi) is 9.13. The second kappa shape index (κ2) is 12.3. The number of aliphatic hydroxyl groups excluding tert-OH is 1. The number of nitrogens with one attached hydrogen (secondary N) is 3. The minimum atomic E-state index is -0.927. The summed E-state index contributed by atoms with van der Waals surface area (Å²) in [6.07, 6.45) is 1.11. The molecule has 3 rings (SSSR count). The number of nitrogens with two attached hydrogens (primary N) is 1. The summed E-state index contributed by atoms with van der Waals surface area (Å²) < 4.78 is 11.5. The van der Waals surface area contributed by atoms with Crippen molar-refractivity contribution in [1.82, 2.24) is 10.3 Å². The fraction of sp³-hybridized carbons (Fsp3) is 0.370. The van der Waals surface area contributed by atoms with Crippen molar-refractivity contribution in [3.63, 3.8) is 0 Å². The molecule has 2 aromatic carbocycles. The van der Waals surface area contributed by atoms with Gasteiger partial charge in [0.25, 0.3) is 5.91 Å². The van der Waals surface area contributed by atoms with Crippen molar-refractivity contribution in [1.29, 1.82) is 0 Å². The number of pyridine rings is 1. The normalized spacial score (nSPS) is 12.5. The van der Waals surface area contributed by atoms with Gasteiger partial charge in [-0.2, -0.15) is 0 Å². The summed E-state index contributed by atoms with van der Waals surface area (Å²) in [4.78, 5) is 29.2. The first-order chi connectivity index (χ1) is 17.7. The first kappa shape index (κ1) is 27.5. The molecule has 2 atom stereocenters.